The minimum Gasteiger partial charge on any atom is -0.497 e. The van der Waals surface area contributed by atoms with E-state index in [1.165, 1.54) is 6.08 Å². The Morgan fingerprint density at radius 1 is 1.04 bits per heavy atom. The van der Waals surface area contributed by atoms with Crippen molar-refractivity contribution >= 4 is 29.6 Å². The van der Waals surface area contributed by atoms with Gasteiger partial charge in [0.25, 0.3) is 11.8 Å². The predicted molar refractivity (Wildman–Crippen MR) is 97.9 cm³/mol. The van der Waals surface area contributed by atoms with Crippen molar-refractivity contribution in [1.82, 2.24) is 5.32 Å². The second kappa shape index (κ2) is 6.84. The number of nitrogens with zero attached hydrogens (tertiary/aromatic N) is 1. The Kier molecular flexibility index (Phi) is 4.58. The van der Waals surface area contributed by atoms with Gasteiger partial charge < -0.3 is 4.74 Å². The molecule has 3 rings (SSSR count). The van der Waals surface area contributed by atoms with Gasteiger partial charge in [-0.05, 0) is 60.9 Å². The van der Waals surface area contributed by atoms with Gasteiger partial charge >= 0.3 is 6.03 Å². The number of hydrogen-bond donors (Lipinski definition) is 1. The Hall–Kier alpha value is -3.41. The van der Waals surface area contributed by atoms with E-state index in [1.807, 2.05) is 19.9 Å². The molecule has 1 aliphatic rings. The van der Waals surface area contributed by atoms with E-state index < -0.39 is 17.8 Å². The van der Waals surface area contributed by atoms with Gasteiger partial charge in [0.15, 0.2) is 0 Å². The zero-order valence-corrected chi connectivity index (χ0v) is 14.7. The van der Waals surface area contributed by atoms with E-state index in [-0.39, 0.29) is 5.57 Å². The fraction of sp³-hybridized carbons (Fsp3) is 0.150. The topological polar surface area (TPSA) is 75.7 Å². The average Bonchev–Trinajstić information content (AvgIpc) is 2.59. The van der Waals surface area contributed by atoms with Crippen molar-refractivity contribution in [3.05, 3.63) is 64.7 Å². The van der Waals surface area contributed by atoms with E-state index in [1.54, 1.807) is 43.5 Å². The van der Waals surface area contributed by atoms with Crippen molar-refractivity contribution in [1.29, 1.82) is 0 Å². The number of urea groups is 1. The first-order chi connectivity index (χ1) is 12.4. The Balaban J connectivity index is 2.03. The van der Waals surface area contributed by atoms with Gasteiger partial charge in [0.05, 0.1) is 12.8 Å². The largest absolute Gasteiger partial charge is 0.497 e. The molecular weight excluding hydrogens is 332 g/mol. The van der Waals surface area contributed by atoms with Crippen molar-refractivity contribution in [2.45, 2.75) is 13.8 Å². The highest BCUT2D eigenvalue weighted by molar-refractivity contribution is 6.39. The SMILES string of the molecule is COc1ccc(/C=C2\C(=O)NC(=O)N(c3cccc(C)c3)C2=O)c(C)c1. The number of rotatable bonds is 3. The molecule has 1 saturated heterocycles. The Morgan fingerprint density at radius 3 is 2.46 bits per heavy atom. The summed E-state index contributed by atoms with van der Waals surface area (Å²) < 4.78 is 5.16. The number of hydrogen-bond acceptors (Lipinski definition) is 4. The summed E-state index contributed by atoms with van der Waals surface area (Å²) in [5, 5.41) is 2.22. The molecule has 1 fully saturated rings. The van der Waals surface area contributed by atoms with E-state index in [2.05, 4.69) is 5.32 Å². The molecule has 0 aliphatic carbocycles. The minimum atomic E-state index is -0.755. The number of aryl methyl sites for hydroxylation is 2. The summed E-state index contributed by atoms with van der Waals surface area (Å²) in [7, 11) is 1.57. The molecule has 0 atom stereocenters. The first-order valence-electron chi connectivity index (χ1n) is 8.03. The van der Waals surface area contributed by atoms with E-state index in [9.17, 15) is 14.4 Å². The van der Waals surface area contributed by atoms with Crippen molar-refractivity contribution < 1.29 is 19.1 Å². The second-order valence-corrected chi connectivity index (χ2v) is 6.02. The number of amides is 4. The van der Waals surface area contributed by atoms with Crippen LogP contribution in [0.1, 0.15) is 16.7 Å². The Morgan fingerprint density at radius 2 is 1.81 bits per heavy atom. The number of benzene rings is 2. The first-order valence-corrected chi connectivity index (χ1v) is 8.03. The molecule has 4 amide bonds. The highest BCUT2D eigenvalue weighted by atomic mass is 16.5. The normalized spacial score (nSPS) is 16.0. The van der Waals surface area contributed by atoms with Crippen molar-refractivity contribution in [3.8, 4) is 5.75 Å². The number of methoxy groups -OCH3 is 1. The van der Waals surface area contributed by atoms with Gasteiger partial charge in [-0.3, -0.25) is 14.9 Å². The first kappa shape index (κ1) is 17.4. The number of anilines is 1. The van der Waals surface area contributed by atoms with E-state index in [0.29, 0.717) is 17.0 Å². The summed E-state index contributed by atoms with van der Waals surface area (Å²) in [6, 6.07) is 11.5. The van der Waals surface area contributed by atoms with Crippen LogP contribution in [-0.4, -0.2) is 25.0 Å². The lowest BCUT2D eigenvalue weighted by Gasteiger charge is -2.26. The average molecular weight is 350 g/mol. The maximum atomic E-state index is 12.8. The Labute approximate surface area is 151 Å². The van der Waals surface area contributed by atoms with Gasteiger partial charge in [-0.1, -0.05) is 18.2 Å². The standard InChI is InChI=1S/C20H18N2O4/c1-12-5-4-6-15(9-12)22-19(24)17(18(23)21-20(22)25)11-14-7-8-16(26-3)10-13(14)2/h4-11H,1-3H3,(H,21,23,25)/b17-11+. The summed E-state index contributed by atoms with van der Waals surface area (Å²) in [5.74, 6) is -0.681. The van der Waals surface area contributed by atoms with Crippen molar-refractivity contribution in [3.63, 3.8) is 0 Å². The van der Waals surface area contributed by atoms with E-state index >= 15 is 0 Å². The number of barbiturate groups is 1. The lowest BCUT2D eigenvalue weighted by molar-refractivity contribution is -0.122. The van der Waals surface area contributed by atoms with Gasteiger partial charge in [-0.2, -0.15) is 0 Å². The van der Waals surface area contributed by atoms with Crippen LogP contribution >= 0.6 is 0 Å². The number of carbonyl (C=O) groups is 3. The van der Waals surface area contributed by atoms with Crippen LogP contribution in [0.5, 0.6) is 5.75 Å². The van der Waals surface area contributed by atoms with Gasteiger partial charge in [0.1, 0.15) is 11.3 Å². The van der Waals surface area contributed by atoms with Crippen LogP contribution in [0.2, 0.25) is 0 Å². The molecule has 132 valence electrons. The van der Waals surface area contributed by atoms with Crippen LogP contribution in [0.3, 0.4) is 0 Å². The molecule has 6 nitrogen and oxygen atoms in total. The smallest absolute Gasteiger partial charge is 0.335 e. The number of ether oxygens (including phenoxy) is 1. The van der Waals surface area contributed by atoms with Crippen LogP contribution in [0, 0.1) is 13.8 Å². The van der Waals surface area contributed by atoms with Crippen LogP contribution in [0.15, 0.2) is 48.0 Å². The molecule has 1 aliphatic heterocycles. The molecule has 0 bridgehead atoms. The zero-order valence-electron chi connectivity index (χ0n) is 14.7. The second-order valence-electron chi connectivity index (χ2n) is 6.02. The molecule has 0 spiro atoms. The molecule has 0 aromatic heterocycles. The predicted octanol–water partition coefficient (Wildman–Crippen LogP) is 2.98. The molecule has 26 heavy (non-hydrogen) atoms. The summed E-state index contributed by atoms with van der Waals surface area (Å²) in [5.41, 5.74) is 2.76. The summed E-state index contributed by atoms with van der Waals surface area (Å²) in [4.78, 5) is 38.2. The van der Waals surface area contributed by atoms with Crippen molar-refractivity contribution in [2.24, 2.45) is 0 Å². The molecule has 0 radical (unpaired) electrons. The number of carbonyl (C=O) groups excluding carboxylic acids is 3. The van der Waals surface area contributed by atoms with Gasteiger partial charge in [0, 0.05) is 0 Å². The molecule has 6 heteroatoms. The molecular formula is C20H18N2O4. The summed E-state index contributed by atoms with van der Waals surface area (Å²) >= 11 is 0. The molecule has 2 aromatic carbocycles. The van der Waals surface area contributed by atoms with E-state index in [4.69, 9.17) is 4.74 Å². The molecule has 1 heterocycles. The molecule has 1 N–H and O–H groups in total. The summed E-state index contributed by atoms with van der Waals surface area (Å²) in [6.45, 7) is 3.71. The van der Waals surface area contributed by atoms with Crippen molar-refractivity contribution in [2.75, 3.05) is 12.0 Å². The minimum absolute atomic E-state index is 0.0978. The maximum Gasteiger partial charge on any atom is 0.335 e. The van der Waals surface area contributed by atoms with Gasteiger partial charge in [-0.25, -0.2) is 9.69 Å². The fourth-order valence-electron chi connectivity index (χ4n) is 2.75. The van der Waals surface area contributed by atoms with Gasteiger partial charge in [-0.15, -0.1) is 0 Å². The van der Waals surface area contributed by atoms with Crippen LogP contribution in [0.25, 0.3) is 6.08 Å². The Bertz CT molecular complexity index is 947. The summed E-state index contributed by atoms with van der Waals surface area (Å²) in [6.07, 6.45) is 1.49. The number of imide groups is 2. The zero-order chi connectivity index (χ0) is 18.8. The maximum absolute atomic E-state index is 12.8. The third kappa shape index (κ3) is 3.21. The number of nitrogens with one attached hydrogen (secondary N) is 1. The van der Waals surface area contributed by atoms with Crippen LogP contribution < -0.4 is 15.0 Å². The molecule has 0 unspecified atom stereocenters. The highest BCUT2D eigenvalue weighted by Gasteiger charge is 2.36. The third-order valence-corrected chi connectivity index (χ3v) is 4.14. The monoisotopic (exact) mass is 350 g/mol. The van der Waals surface area contributed by atoms with E-state index in [0.717, 1.165) is 16.0 Å². The lowest BCUT2D eigenvalue weighted by atomic mass is 10.0. The van der Waals surface area contributed by atoms with Gasteiger partial charge in [0.2, 0.25) is 0 Å². The van der Waals surface area contributed by atoms with Crippen LogP contribution in [-0.2, 0) is 9.59 Å². The van der Waals surface area contributed by atoms with Crippen LogP contribution in [0.4, 0.5) is 10.5 Å². The molecule has 0 saturated carbocycles. The quantitative estimate of drug-likeness (QED) is 0.682. The highest BCUT2D eigenvalue weighted by Crippen LogP contribution is 2.24. The lowest BCUT2D eigenvalue weighted by Crippen LogP contribution is -2.54. The third-order valence-electron chi connectivity index (χ3n) is 4.14. The molecule has 2 aromatic rings. The fourth-order valence-corrected chi connectivity index (χ4v) is 2.75.